The smallest absolute Gasteiger partial charge is 0.0701 e. The molecule has 1 aliphatic heterocycles. The van der Waals surface area contributed by atoms with E-state index in [0.717, 1.165) is 26.4 Å². The summed E-state index contributed by atoms with van der Waals surface area (Å²) in [4.78, 5) is 0. The standard InChI is InChI=1S/C6H7P.C4H8O2/c7-6-4-2-1-3-5-6;1-2-6-4-3-5-1/h1-5H,7H2;1-4H2. The molecule has 1 atom stereocenters. The topological polar surface area (TPSA) is 18.5 Å². The lowest BCUT2D eigenvalue weighted by atomic mass is 10.4. The third-order valence-corrected chi connectivity index (χ3v) is 1.93. The molecule has 3 heteroatoms. The van der Waals surface area contributed by atoms with Gasteiger partial charge in [-0.05, 0) is 5.30 Å². The zero-order chi connectivity index (χ0) is 9.36. The summed E-state index contributed by atoms with van der Waals surface area (Å²) in [7, 11) is 2.63. The van der Waals surface area contributed by atoms with E-state index in [0.29, 0.717) is 0 Å². The first-order valence-corrected chi connectivity index (χ1v) is 4.93. The molecule has 0 saturated carbocycles. The normalized spacial score (nSPS) is 15.8. The van der Waals surface area contributed by atoms with Gasteiger partial charge in [0.15, 0.2) is 0 Å². The Hall–Kier alpha value is -0.430. The summed E-state index contributed by atoms with van der Waals surface area (Å²) in [5.41, 5.74) is 0. The molecule has 2 rings (SSSR count). The highest BCUT2D eigenvalue weighted by molar-refractivity contribution is 7.27. The predicted octanol–water partition coefficient (Wildman–Crippen LogP) is 1.22. The van der Waals surface area contributed by atoms with Crippen molar-refractivity contribution < 1.29 is 9.47 Å². The molecule has 0 N–H and O–H groups in total. The molecular formula is C10H15O2P. The van der Waals surface area contributed by atoms with Crippen molar-refractivity contribution in [1.82, 2.24) is 0 Å². The van der Waals surface area contributed by atoms with E-state index in [1.54, 1.807) is 0 Å². The van der Waals surface area contributed by atoms with Crippen LogP contribution in [0.15, 0.2) is 30.3 Å². The lowest BCUT2D eigenvalue weighted by Gasteiger charge is -2.09. The molecule has 1 aromatic rings. The van der Waals surface area contributed by atoms with Gasteiger partial charge in [-0.15, -0.1) is 9.24 Å². The van der Waals surface area contributed by atoms with Crippen LogP contribution in [0.5, 0.6) is 0 Å². The second kappa shape index (κ2) is 7.02. The number of benzene rings is 1. The van der Waals surface area contributed by atoms with Crippen LogP contribution in [0, 0.1) is 0 Å². The summed E-state index contributed by atoms with van der Waals surface area (Å²) in [6.45, 7) is 3.11. The van der Waals surface area contributed by atoms with Gasteiger partial charge in [-0.1, -0.05) is 30.3 Å². The predicted molar refractivity (Wildman–Crippen MR) is 57.4 cm³/mol. The van der Waals surface area contributed by atoms with Gasteiger partial charge in [-0.2, -0.15) is 0 Å². The van der Waals surface area contributed by atoms with Crippen LogP contribution in [-0.4, -0.2) is 26.4 Å². The fourth-order valence-electron chi connectivity index (χ4n) is 0.893. The molecule has 72 valence electrons. The largest absolute Gasteiger partial charge is 0.377 e. The second-order valence-electron chi connectivity index (χ2n) is 2.64. The SMILES string of the molecule is C1COCCO1.Pc1ccccc1. The van der Waals surface area contributed by atoms with Crippen molar-refractivity contribution in [3.05, 3.63) is 30.3 Å². The molecule has 1 heterocycles. The first kappa shape index (κ1) is 10.6. The zero-order valence-electron chi connectivity index (χ0n) is 7.61. The van der Waals surface area contributed by atoms with Crippen LogP contribution in [0.2, 0.25) is 0 Å². The average molecular weight is 198 g/mol. The lowest BCUT2D eigenvalue weighted by molar-refractivity contribution is -0.0334. The summed E-state index contributed by atoms with van der Waals surface area (Å²) in [6.07, 6.45) is 0. The van der Waals surface area contributed by atoms with Crippen LogP contribution >= 0.6 is 9.24 Å². The van der Waals surface area contributed by atoms with Crippen molar-refractivity contribution in [1.29, 1.82) is 0 Å². The maximum absolute atomic E-state index is 4.94. The number of hydrogen-bond acceptors (Lipinski definition) is 2. The third kappa shape index (κ3) is 5.75. The van der Waals surface area contributed by atoms with Crippen molar-refractivity contribution in [2.75, 3.05) is 26.4 Å². The fraction of sp³-hybridized carbons (Fsp3) is 0.400. The van der Waals surface area contributed by atoms with Crippen LogP contribution in [0.3, 0.4) is 0 Å². The second-order valence-corrected chi connectivity index (χ2v) is 3.30. The third-order valence-electron chi connectivity index (χ3n) is 1.54. The summed E-state index contributed by atoms with van der Waals surface area (Å²) >= 11 is 0. The molecule has 0 aromatic heterocycles. The summed E-state index contributed by atoms with van der Waals surface area (Å²) < 4.78 is 9.89. The first-order valence-electron chi connectivity index (χ1n) is 4.35. The summed E-state index contributed by atoms with van der Waals surface area (Å²) in [5, 5.41) is 1.24. The van der Waals surface area contributed by atoms with E-state index in [4.69, 9.17) is 9.47 Å². The zero-order valence-corrected chi connectivity index (χ0v) is 8.76. The van der Waals surface area contributed by atoms with Crippen LogP contribution in [-0.2, 0) is 9.47 Å². The maximum atomic E-state index is 4.94. The van der Waals surface area contributed by atoms with E-state index >= 15 is 0 Å². The quantitative estimate of drug-likeness (QED) is 0.583. The van der Waals surface area contributed by atoms with Gasteiger partial charge in [0.1, 0.15) is 0 Å². The van der Waals surface area contributed by atoms with Gasteiger partial charge < -0.3 is 9.47 Å². The molecule has 0 radical (unpaired) electrons. The molecule has 0 bridgehead atoms. The minimum Gasteiger partial charge on any atom is -0.377 e. The Bertz CT molecular complexity index is 198. The highest BCUT2D eigenvalue weighted by Crippen LogP contribution is 1.86. The van der Waals surface area contributed by atoms with Gasteiger partial charge in [0.05, 0.1) is 26.4 Å². The monoisotopic (exact) mass is 198 g/mol. The van der Waals surface area contributed by atoms with E-state index < -0.39 is 0 Å². The van der Waals surface area contributed by atoms with Crippen molar-refractivity contribution >= 4 is 14.5 Å². The molecule has 13 heavy (non-hydrogen) atoms. The van der Waals surface area contributed by atoms with Gasteiger partial charge in [-0.3, -0.25) is 0 Å². The van der Waals surface area contributed by atoms with E-state index in [2.05, 4.69) is 9.24 Å². The molecule has 0 aliphatic carbocycles. The Kier molecular flexibility index (Phi) is 5.75. The molecule has 1 fully saturated rings. The van der Waals surface area contributed by atoms with Crippen molar-refractivity contribution in [2.45, 2.75) is 0 Å². The number of rotatable bonds is 0. The minimum absolute atomic E-state index is 0.778. The van der Waals surface area contributed by atoms with Crippen molar-refractivity contribution in [3.63, 3.8) is 0 Å². The van der Waals surface area contributed by atoms with E-state index in [1.165, 1.54) is 5.30 Å². The number of ether oxygens (including phenoxy) is 2. The Labute approximate surface area is 81.4 Å². The summed E-state index contributed by atoms with van der Waals surface area (Å²) in [6, 6.07) is 10.1. The molecule has 1 saturated heterocycles. The molecular weight excluding hydrogens is 183 g/mol. The molecule has 2 nitrogen and oxygen atoms in total. The van der Waals surface area contributed by atoms with Gasteiger partial charge in [0.25, 0.3) is 0 Å². The fourth-order valence-corrected chi connectivity index (χ4v) is 1.12. The van der Waals surface area contributed by atoms with E-state index in [1.807, 2.05) is 30.3 Å². The Morgan fingerprint density at radius 2 is 1.31 bits per heavy atom. The Balaban J connectivity index is 0.000000132. The molecule has 0 spiro atoms. The van der Waals surface area contributed by atoms with Gasteiger partial charge in [0.2, 0.25) is 0 Å². The summed E-state index contributed by atoms with van der Waals surface area (Å²) in [5.74, 6) is 0. The maximum Gasteiger partial charge on any atom is 0.0701 e. The van der Waals surface area contributed by atoms with Gasteiger partial charge in [0, 0.05) is 0 Å². The number of hydrogen-bond donors (Lipinski definition) is 0. The van der Waals surface area contributed by atoms with Gasteiger partial charge >= 0.3 is 0 Å². The van der Waals surface area contributed by atoms with Crippen LogP contribution in [0.25, 0.3) is 0 Å². The van der Waals surface area contributed by atoms with E-state index in [9.17, 15) is 0 Å². The average Bonchev–Trinajstić information content (AvgIpc) is 2.22. The van der Waals surface area contributed by atoms with Gasteiger partial charge in [-0.25, -0.2) is 0 Å². The minimum atomic E-state index is 0.778. The van der Waals surface area contributed by atoms with Crippen molar-refractivity contribution in [2.24, 2.45) is 0 Å². The Morgan fingerprint density at radius 3 is 1.54 bits per heavy atom. The molecule has 1 aliphatic rings. The molecule has 1 aromatic carbocycles. The van der Waals surface area contributed by atoms with Crippen LogP contribution in [0.1, 0.15) is 0 Å². The molecule has 1 unspecified atom stereocenters. The van der Waals surface area contributed by atoms with Crippen LogP contribution in [0.4, 0.5) is 0 Å². The van der Waals surface area contributed by atoms with Crippen molar-refractivity contribution in [3.8, 4) is 0 Å². The highest BCUT2D eigenvalue weighted by atomic mass is 31.0. The molecule has 0 amide bonds. The lowest BCUT2D eigenvalue weighted by Crippen LogP contribution is -2.16. The van der Waals surface area contributed by atoms with E-state index in [-0.39, 0.29) is 0 Å². The first-order chi connectivity index (χ1) is 6.39. The Morgan fingerprint density at radius 1 is 0.846 bits per heavy atom. The van der Waals surface area contributed by atoms with Crippen LogP contribution < -0.4 is 5.30 Å². The highest BCUT2D eigenvalue weighted by Gasteiger charge is 1.94.